The van der Waals surface area contributed by atoms with E-state index in [9.17, 15) is 13.2 Å². The third-order valence-electron chi connectivity index (χ3n) is 3.80. The summed E-state index contributed by atoms with van der Waals surface area (Å²) in [6.45, 7) is 1.73. The van der Waals surface area contributed by atoms with Crippen molar-refractivity contribution in [2.75, 3.05) is 32.9 Å². The standard InChI is InChI=1S/C18H21NO6S/c1-11-6-7-13(26(5,21)22)10-14(11)18(20)19-12-8-15(23-2)17(25-4)16(9-12)24-3/h6-10H,1-5H3,(H,19,20). The summed E-state index contributed by atoms with van der Waals surface area (Å²) in [5, 5.41) is 2.73. The first kappa shape index (κ1) is 19.6. The SMILES string of the molecule is COc1cc(NC(=O)c2cc(S(C)(=O)=O)ccc2C)cc(OC)c1OC. The summed E-state index contributed by atoms with van der Waals surface area (Å²) < 4.78 is 39.2. The average molecular weight is 379 g/mol. The zero-order chi connectivity index (χ0) is 19.5. The number of hydrogen-bond donors (Lipinski definition) is 1. The van der Waals surface area contributed by atoms with Gasteiger partial charge in [-0.3, -0.25) is 4.79 Å². The first-order chi connectivity index (χ1) is 12.2. The van der Waals surface area contributed by atoms with E-state index in [0.717, 1.165) is 6.26 Å². The fourth-order valence-electron chi connectivity index (χ4n) is 2.43. The molecule has 0 saturated carbocycles. The molecule has 1 N–H and O–H groups in total. The first-order valence-corrected chi connectivity index (χ1v) is 9.52. The zero-order valence-corrected chi connectivity index (χ0v) is 16.1. The molecule has 8 heteroatoms. The second kappa shape index (κ2) is 7.65. The van der Waals surface area contributed by atoms with Gasteiger partial charge in [-0.2, -0.15) is 0 Å². The van der Waals surface area contributed by atoms with Crippen LogP contribution >= 0.6 is 0 Å². The maximum absolute atomic E-state index is 12.6. The Labute approximate surface area is 152 Å². The van der Waals surface area contributed by atoms with E-state index in [-0.39, 0.29) is 10.5 Å². The van der Waals surface area contributed by atoms with Gasteiger partial charge in [0.25, 0.3) is 5.91 Å². The van der Waals surface area contributed by atoms with Crippen LogP contribution in [0.1, 0.15) is 15.9 Å². The van der Waals surface area contributed by atoms with E-state index in [1.54, 1.807) is 25.1 Å². The second-order valence-electron chi connectivity index (χ2n) is 5.62. The molecule has 0 heterocycles. The summed E-state index contributed by atoms with van der Waals surface area (Å²) in [6, 6.07) is 7.61. The van der Waals surface area contributed by atoms with E-state index >= 15 is 0 Å². The van der Waals surface area contributed by atoms with Crippen LogP contribution in [0.5, 0.6) is 17.2 Å². The van der Waals surface area contributed by atoms with E-state index in [2.05, 4.69) is 5.32 Å². The van der Waals surface area contributed by atoms with Crippen LogP contribution in [0, 0.1) is 6.92 Å². The number of anilines is 1. The predicted molar refractivity (Wildman–Crippen MR) is 98.3 cm³/mol. The molecular weight excluding hydrogens is 358 g/mol. The Morgan fingerprint density at radius 3 is 2.00 bits per heavy atom. The molecule has 0 saturated heterocycles. The van der Waals surface area contributed by atoms with E-state index in [1.807, 2.05) is 0 Å². The van der Waals surface area contributed by atoms with Crippen molar-refractivity contribution in [3.05, 3.63) is 41.5 Å². The lowest BCUT2D eigenvalue weighted by molar-refractivity contribution is 0.102. The smallest absolute Gasteiger partial charge is 0.255 e. The molecule has 0 bridgehead atoms. The summed E-state index contributed by atoms with van der Waals surface area (Å²) in [4.78, 5) is 12.7. The predicted octanol–water partition coefficient (Wildman–Crippen LogP) is 2.68. The highest BCUT2D eigenvalue weighted by atomic mass is 32.2. The van der Waals surface area contributed by atoms with Crippen LogP contribution in [0.4, 0.5) is 5.69 Å². The number of methoxy groups -OCH3 is 3. The number of nitrogens with one attached hydrogen (secondary N) is 1. The Hall–Kier alpha value is -2.74. The summed E-state index contributed by atoms with van der Waals surface area (Å²) >= 11 is 0. The molecule has 26 heavy (non-hydrogen) atoms. The summed E-state index contributed by atoms with van der Waals surface area (Å²) in [5.41, 5.74) is 1.35. The second-order valence-corrected chi connectivity index (χ2v) is 7.63. The van der Waals surface area contributed by atoms with Crippen LogP contribution in [0.25, 0.3) is 0 Å². The molecule has 2 aromatic carbocycles. The normalized spacial score (nSPS) is 11.0. The molecule has 1 amide bonds. The topological polar surface area (TPSA) is 90.9 Å². The molecule has 0 aliphatic carbocycles. The third-order valence-corrected chi connectivity index (χ3v) is 4.91. The van der Waals surface area contributed by atoms with E-state index in [0.29, 0.717) is 28.5 Å². The lowest BCUT2D eigenvalue weighted by atomic mass is 10.1. The average Bonchev–Trinajstić information content (AvgIpc) is 2.59. The van der Waals surface area contributed by atoms with Crippen molar-refractivity contribution in [1.29, 1.82) is 0 Å². The lowest BCUT2D eigenvalue weighted by Gasteiger charge is -2.15. The molecule has 0 aliphatic rings. The fourth-order valence-corrected chi connectivity index (χ4v) is 3.08. The van der Waals surface area contributed by atoms with Crippen molar-refractivity contribution in [1.82, 2.24) is 0 Å². The van der Waals surface area contributed by atoms with Gasteiger partial charge in [-0.25, -0.2) is 8.42 Å². The quantitative estimate of drug-likeness (QED) is 0.830. The Kier molecular flexibility index (Phi) is 5.76. The monoisotopic (exact) mass is 379 g/mol. The van der Waals surface area contributed by atoms with E-state index in [1.165, 1.54) is 33.5 Å². The molecule has 140 valence electrons. The largest absolute Gasteiger partial charge is 0.493 e. The number of benzene rings is 2. The van der Waals surface area contributed by atoms with Crippen molar-refractivity contribution >= 4 is 21.4 Å². The Bertz CT molecular complexity index is 912. The number of rotatable bonds is 6. The van der Waals surface area contributed by atoms with Gasteiger partial charge in [-0.05, 0) is 24.6 Å². The van der Waals surface area contributed by atoms with Gasteiger partial charge in [-0.15, -0.1) is 0 Å². The van der Waals surface area contributed by atoms with Gasteiger partial charge >= 0.3 is 0 Å². The number of hydrogen-bond acceptors (Lipinski definition) is 6. The van der Waals surface area contributed by atoms with Crippen molar-refractivity contribution in [3.8, 4) is 17.2 Å². The van der Waals surface area contributed by atoms with Crippen molar-refractivity contribution in [3.63, 3.8) is 0 Å². The lowest BCUT2D eigenvalue weighted by Crippen LogP contribution is -2.14. The summed E-state index contributed by atoms with van der Waals surface area (Å²) in [6.07, 6.45) is 1.10. The maximum atomic E-state index is 12.6. The van der Waals surface area contributed by atoms with Crippen LogP contribution in [-0.4, -0.2) is 41.9 Å². The Balaban J connectivity index is 2.42. The minimum atomic E-state index is -3.42. The number of carbonyl (C=O) groups excluding carboxylic acids is 1. The van der Waals surface area contributed by atoms with Gasteiger partial charge in [0.15, 0.2) is 21.3 Å². The molecule has 0 fully saturated rings. The minimum Gasteiger partial charge on any atom is -0.493 e. The third kappa shape index (κ3) is 4.08. The number of sulfone groups is 1. The number of ether oxygens (including phenoxy) is 3. The minimum absolute atomic E-state index is 0.0816. The van der Waals surface area contributed by atoms with Gasteiger partial charge in [-0.1, -0.05) is 6.07 Å². The molecule has 7 nitrogen and oxygen atoms in total. The van der Waals surface area contributed by atoms with Crippen molar-refractivity contribution < 1.29 is 27.4 Å². The number of carbonyl (C=O) groups is 1. The van der Waals surface area contributed by atoms with Gasteiger partial charge in [0.05, 0.1) is 26.2 Å². The Morgan fingerprint density at radius 1 is 0.962 bits per heavy atom. The highest BCUT2D eigenvalue weighted by Crippen LogP contribution is 2.40. The van der Waals surface area contributed by atoms with E-state index in [4.69, 9.17) is 14.2 Å². The summed E-state index contributed by atoms with van der Waals surface area (Å²) in [7, 11) is 1.02. The van der Waals surface area contributed by atoms with Crippen LogP contribution in [0.2, 0.25) is 0 Å². The molecular formula is C18H21NO6S. The maximum Gasteiger partial charge on any atom is 0.255 e. The highest BCUT2D eigenvalue weighted by molar-refractivity contribution is 7.90. The molecule has 2 rings (SSSR count). The molecule has 0 spiro atoms. The van der Waals surface area contributed by atoms with Gasteiger partial charge in [0, 0.05) is 29.6 Å². The van der Waals surface area contributed by atoms with Crippen LogP contribution in [-0.2, 0) is 9.84 Å². The fraction of sp³-hybridized carbons (Fsp3) is 0.278. The molecule has 0 unspecified atom stereocenters. The molecule has 0 aliphatic heterocycles. The van der Waals surface area contributed by atoms with Crippen LogP contribution in [0.15, 0.2) is 35.2 Å². The number of amides is 1. The van der Waals surface area contributed by atoms with Crippen molar-refractivity contribution in [2.24, 2.45) is 0 Å². The Morgan fingerprint density at radius 2 is 1.54 bits per heavy atom. The van der Waals surface area contributed by atoms with E-state index < -0.39 is 15.7 Å². The zero-order valence-electron chi connectivity index (χ0n) is 15.2. The van der Waals surface area contributed by atoms with Crippen LogP contribution < -0.4 is 19.5 Å². The molecule has 0 radical (unpaired) electrons. The van der Waals surface area contributed by atoms with Crippen molar-refractivity contribution in [2.45, 2.75) is 11.8 Å². The molecule has 2 aromatic rings. The number of aryl methyl sites for hydroxylation is 1. The van der Waals surface area contributed by atoms with Gasteiger partial charge < -0.3 is 19.5 Å². The molecule has 0 atom stereocenters. The highest BCUT2D eigenvalue weighted by Gasteiger charge is 2.17. The molecule has 0 aromatic heterocycles. The van der Waals surface area contributed by atoms with Gasteiger partial charge in [0.2, 0.25) is 5.75 Å². The first-order valence-electron chi connectivity index (χ1n) is 7.63. The summed E-state index contributed by atoms with van der Waals surface area (Å²) in [5.74, 6) is 0.748. The van der Waals surface area contributed by atoms with Gasteiger partial charge in [0.1, 0.15) is 0 Å². The van der Waals surface area contributed by atoms with Crippen LogP contribution in [0.3, 0.4) is 0 Å².